The van der Waals surface area contributed by atoms with Gasteiger partial charge in [-0.3, -0.25) is 0 Å². The molecule has 2 aromatic rings. The zero-order chi connectivity index (χ0) is 10.1. The highest BCUT2D eigenvalue weighted by molar-refractivity contribution is 7.80. The number of hydrogen-bond donors (Lipinski definition) is 1. The zero-order valence-electron chi connectivity index (χ0n) is 8.20. The Bertz CT molecular complexity index is 460. The van der Waals surface area contributed by atoms with Crippen LogP contribution in [-0.4, -0.2) is 7.11 Å². The monoisotopic (exact) mass is 224 g/mol. The number of fused-ring (bicyclic) bond motifs is 1. The molecule has 1 aromatic carbocycles. The second-order valence-corrected chi connectivity index (χ2v) is 4.46. The summed E-state index contributed by atoms with van der Waals surface area (Å²) in [5, 5.41) is 3.36. The predicted molar refractivity (Wildman–Crippen MR) is 65.0 cm³/mol. The first-order valence-electron chi connectivity index (χ1n) is 4.54. The lowest BCUT2D eigenvalue weighted by molar-refractivity contribution is 0.405. The highest BCUT2D eigenvalue weighted by Crippen LogP contribution is 2.36. The van der Waals surface area contributed by atoms with Crippen molar-refractivity contribution in [3.05, 3.63) is 23.1 Å². The lowest BCUT2D eigenvalue weighted by Gasteiger charge is -2.09. The van der Waals surface area contributed by atoms with Crippen molar-refractivity contribution in [3.63, 3.8) is 0 Å². The van der Waals surface area contributed by atoms with Gasteiger partial charge in [-0.05, 0) is 34.9 Å². The second kappa shape index (κ2) is 3.83. The average molecular weight is 224 g/mol. The summed E-state index contributed by atoms with van der Waals surface area (Å²) in [7, 11) is 1.69. The molecule has 0 spiro atoms. The fraction of sp³-hybridized carbons (Fsp3) is 0.273. The molecule has 0 amide bonds. The Labute approximate surface area is 93.1 Å². The van der Waals surface area contributed by atoms with Crippen LogP contribution in [0.25, 0.3) is 10.1 Å². The van der Waals surface area contributed by atoms with Crippen LogP contribution in [0.1, 0.15) is 12.5 Å². The maximum absolute atomic E-state index is 5.29. The van der Waals surface area contributed by atoms with Crippen LogP contribution in [0, 0.1) is 0 Å². The van der Waals surface area contributed by atoms with Crippen LogP contribution in [0.15, 0.2) is 22.4 Å². The van der Waals surface area contributed by atoms with Crippen molar-refractivity contribution in [3.8, 4) is 5.75 Å². The van der Waals surface area contributed by atoms with Crippen LogP contribution in [-0.2, 0) is 6.42 Å². The number of ether oxygens (including phenoxy) is 1. The molecule has 0 saturated carbocycles. The minimum absolute atomic E-state index is 0.871. The molecule has 0 N–H and O–H groups in total. The summed E-state index contributed by atoms with van der Waals surface area (Å²) in [6, 6.07) is 4.17. The van der Waals surface area contributed by atoms with E-state index in [0.717, 1.165) is 17.1 Å². The maximum atomic E-state index is 5.29. The van der Waals surface area contributed by atoms with Gasteiger partial charge >= 0.3 is 0 Å². The molecule has 0 radical (unpaired) electrons. The Hall–Kier alpha value is -0.670. The first-order valence-corrected chi connectivity index (χ1v) is 5.86. The standard InChI is InChI=1S/C11H12OS2/c1-3-8-10(13)9(12-2)6-7-4-5-14-11(7)8/h4-6,13H,3H2,1-2H3. The molecule has 0 saturated heterocycles. The SMILES string of the molecule is CCc1c(S)c(OC)cc2ccsc12. The van der Waals surface area contributed by atoms with Crippen LogP contribution in [0.3, 0.4) is 0 Å². The lowest BCUT2D eigenvalue weighted by atomic mass is 10.1. The first-order chi connectivity index (χ1) is 6.77. The Morgan fingerprint density at radius 3 is 2.93 bits per heavy atom. The molecule has 0 bridgehead atoms. The number of methoxy groups -OCH3 is 1. The van der Waals surface area contributed by atoms with Crippen molar-refractivity contribution in [1.82, 2.24) is 0 Å². The fourth-order valence-corrected chi connectivity index (χ4v) is 3.13. The molecule has 1 nitrogen and oxygen atoms in total. The van der Waals surface area contributed by atoms with Crippen LogP contribution >= 0.6 is 24.0 Å². The van der Waals surface area contributed by atoms with Gasteiger partial charge < -0.3 is 4.74 Å². The van der Waals surface area contributed by atoms with Gasteiger partial charge in [0, 0.05) is 4.70 Å². The van der Waals surface area contributed by atoms with Gasteiger partial charge in [0.2, 0.25) is 0 Å². The van der Waals surface area contributed by atoms with E-state index in [1.54, 1.807) is 18.4 Å². The predicted octanol–water partition coefficient (Wildman–Crippen LogP) is 3.76. The Kier molecular flexibility index (Phi) is 2.70. The molecule has 0 fully saturated rings. The van der Waals surface area contributed by atoms with E-state index >= 15 is 0 Å². The van der Waals surface area contributed by atoms with Crippen molar-refractivity contribution < 1.29 is 4.74 Å². The van der Waals surface area contributed by atoms with Crippen LogP contribution in [0.2, 0.25) is 0 Å². The van der Waals surface area contributed by atoms with Crippen molar-refractivity contribution >= 4 is 34.1 Å². The fourth-order valence-electron chi connectivity index (χ4n) is 1.63. The molecule has 0 aliphatic rings. The highest BCUT2D eigenvalue weighted by atomic mass is 32.1. The number of aryl methyl sites for hydroxylation is 1. The Balaban J connectivity index is 2.80. The van der Waals surface area contributed by atoms with Crippen molar-refractivity contribution in [1.29, 1.82) is 0 Å². The summed E-state index contributed by atoms with van der Waals surface area (Å²) in [5.41, 5.74) is 1.29. The smallest absolute Gasteiger partial charge is 0.133 e. The van der Waals surface area contributed by atoms with E-state index in [2.05, 4.69) is 31.0 Å². The molecule has 0 aliphatic heterocycles. The summed E-state index contributed by atoms with van der Waals surface area (Å²) < 4.78 is 6.62. The average Bonchev–Trinajstić information content (AvgIpc) is 2.64. The molecule has 0 unspecified atom stereocenters. The minimum atomic E-state index is 0.871. The molecular weight excluding hydrogens is 212 g/mol. The molecule has 3 heteroatoms. The number of hydrogen-bond acceptors (Lipinski definition) is 3. The van der Waals surface area contributed by atoms with Crippen molar-refractivity contribution in [2.45, 2.75) is 18.2 Å². The first kappa shape index (κ1) is 9.87. The second-order valence-electron chi connectivity index (χ2n) is 3.10. The van der Waals surface area contributed by atoms with E-state index in [-0.39, 0.29) is 0 Å². The van der Waals surface area contributed by atoms with E-state index in [1.807, 2.05) is 6.07 Å². The quantitative estimate of drug-likeness (QED) is 0.764. The lowest BCUT2D eigenvalue weighted by Crippen LogP contribution is -1.90. The van der Waals surface area contributed by atoms with Gasteiger partial charge in [0.25, 0.3) is 0 Å². The molecule has 1 aromatic heterocycles. The number of rotatable bonds is 2. The number of thiophene rings is 1. The van der Waals surface area contributed by atoms with E-state index in [0.29, 0.717) is 0 Å². The Morgan fingerprint density at radius 1 is 1.50 bits per heavy atom. The molecule has 0 atom stereocenters. The van der Waals surface area contributed by atoms with Gasteiger partial charge in [0.05, 0.1) is 12.0 Å². The van der Waals surface area contributed by atoms with E-state index in [1.165, 1.54) is 15.6 Å². The van der Waals surface area contributed by atoms with Gasteiger partial charge in [-0.2, -0.15) is 0 Å². The van der Waals surface area contributed by atoms with Gasteiger partial charge in [0.1, 0.15) is 5.75 Å². The Morgan fingerprint density at radius 2 is 2.29 bits per heavy atom. The highest BCUT2D eigenvalue weighted by Gasteiger charge is 2.10. The summed E-state index contributed by atoms with van der Waals surface area (Å²) in [6.45, 7) is 2.15. The van der Waals surface area contributed by atoms with Crippen LogP contribution < -0.4 is 4.74 Å². The normalized spacial score (nSPS) is 10.8. The van der Waals surface area contributed by atoms with Gasteiger partial charge in [-0.1, -0.05) is 6.92 Å². The van der Waals surface area contributed by atoms with E-state index in [4.69, 9.17) is 4.74 Å². The van der Waals surface area contributed by atoms with Gasteiger partial charge in [-0.25, -0.2) is 0 Å². The molecular formula is C11H12OS2. The third-order valence-corrected chi connectivity index (χ3v) is 3.83. The maximum Gasteiger partial charge on any atom is 0.133 e. The summed E-state index contributed by atoms with van der Waals surface area (Å²) >= 11 is 6.27. The number of thiol groups is 1. The van der Waals surface area contributed by atoms with Crippen molar-refractivity contribution in [2.75, 3.05) is 7.11 Å². The topological polar surface area (TPSA) is 9.23 Å². The molecule has 0 aliphatic carbocycles. The van der Waals surface area contributed by atoms with Crippen LogP contribution in [0.5, 0.6) is 5.75 Å². The van der Waals surface area contributed by atoms with Crippen molar-refractivity contribution in [2.24, 2.45) is 0 Å². The van der Waals surface area contributed by atoms with Gasteiger partial charge in [0.15, 0.2) is 0 Å². The molecule has 2 rings (SSSR count). The molecule has 1 heterocycles. The zero-order valence-corrected chi connectivity index (χ0v) is 9.91. The molecule has 74 valence electrons. The third-order valence-electron chi connectivity index (χ3n) is 2.35. The minimum Gasteiger partial charge on any atom is -0.496 e. The summed E-state index contributed by atoms with van der Waals surface area (Å²) in [6.07, 6.45) is 0.993. The molecule has 14 heavy (non-hydrogen) atoms. The third kappa shape index (κ3) is 1.41. The van der Waals surface area contributed by atoms with Crippen LogP contribution in [0.4, 0.5) is 0 Å². The summed E-state index contributed by atoms with van der Waals surface area (Å²) in [5.74, 6) is 0.871. The largest absolute Gasteiger partial charge is 0.496 e. The van der Waals surface area contributed by atoms with E-state index in [9.17, 15) is 0 Å². The number of benzene rings is 1. The van der Waals surface area contributed by atoms with Gasteiger partial charge in [-0.15, -0.1) is 24.0 Å². The van der Waals surface area contributed by atoms with E-state index < -0.39 is 0 Å². The summed E-state index contributed by atoms with van der Waals surface area (Å²) in [4.78, 5) is 0.977.